The van der Waals surface area contributed by atoms with Crippen LogP contribution in [-0.2, 0) is 17.7 Å². The zero-order chi connectivity index (χ0) is 24.2. The van der Waals surface area contributed by atoms with Crippen LogP contribution in [0.1, 0.15) is 27.9 Å². The minimum atomic E-state index is -2.18. The highest BCUT2D eigenvalue weighted by molar-refractivity contribution is 7.77. The molecule has 0 saturated heterocycles. The molecule has 0 aliphatic rings. The van der Waals surface area contributed by atoms with Crippen LogP contribution in [0.5, 0.6) is 0 Å². The van der Waals surface area contributed by atoms with Crippen molar-refractivity contribution in [3.8, 4) is 11.3 Å². The van der Waals surface area contributed by atoms with Gasteiger partial charge in [0.2, 0.25) is 11.3 Å². The summed E-state index contributed by atoms with van der Waals surface area (Å²) in [6, 6.07) is 14.8. The van der Waals surface area contributed by atoms with Crippen LogP contribution in [0, 0.1) is 11.6 Å². The average Bonchev–Trinajstić information content (AvgIpc) is 2.84. The van der Waals surface area contributed by atoms with Crippen LogP contribution < -0.4 is 4.72 Å². The van der Waals surface area contributed by atoms with E-state index in [0.29, 0.717) is 23.1 Å². The topological polar surface area (TPSA) is 92.2 Å². The standard InChI is InChI=1S/C24H18ClF2N3O3S/c25-22-15(7-4-10-29-34(32)33)11-17(26)23(27)21(22)24(31)16-8-9-18-19(12-16)30-20(13-28-18)14-5-2-1-3-6-14/h1-3,5-6,8-9,11-13,29H,4,7,10H2,(H,32,33). The Morgan fingerprint density at radius 2 is 1.85 bits per heavy atom. The highest BCUT2D eigenvalue weighted by Gasteiger charge is 2.24. The number of hydrogen-bond donors (Lipinski definition) is 2. The van der Waals surface area contributed by atoms with Gasteiger partial charge in [0.05, 0.1) is 33.5 Å². The lowest BCUT2D eigenvalue weighted by atomic mass is 9.98. The molecule has 0 saturated carbocycles. The molecule has 10 heteroatoms. The normalized spacial score (nSPS) is 12.1. The Kier molecular flexibility index (Phi) is 7.38. The average molecular weight is 502 g/mol. The van der Waals surface area contributed by atoms with Crippen LogP contribution in [0.4, 0.5) is 8.78 Å². The van der Waals surface area contributed by atoms with Crippen molar-refractivity contribution in [2.45, 2.75) is 12.8 Å². The predicted molar refractivity (Wildman–Crippen MR) is 127 cm³/mol. The van der Waals surface area contributed by atoms with Gasteiger partial charge in [0.1, 0.15) is 0 Å². The van der Waals surface area contributed by atoms with E-state index in [-0.39, 0.29) is 29.1 Å². The lowest BCUT2D eigenvalue weighted by Gasteiger charge is -2.12. The number of hydrogen-bond acceptors (Lipinski definition) is 4. The molecule has 0 aliphatic heterocycles. The quantitative estimate of drug-likeness (QED) is 0.151. The van der Waals surface area contributed by atoms with Crippen molar-refractivity contribution < 1.29 is 22.3 Å². The fraction of sp³-hybridized carbons (Fsp3) is 0.125. The molecule has 0 spiro atoms. The molecule has 1 heterocycles. The Morgan fingerprint density at radius 1 is 1.09 bits per heavy atom. The van der Waals surface area contributed by atoms with Gasteiger partial charge in [-0.25, -0.2) is 22.7 Å². The Bertz CT molecular complexity index is 1400. The zero-order valence-electron chi connectivity index (χ0n) is 17.6. The lowest BCUT2D eigenvalue weighted by Crippen LogP contribution is -2.18. The van der Waals surface area contributed by atoms with E-state index in [0.717, 1.165) is 11.6 Å². The summed E-state index contributed by atoms with van der Waals surface area (Å²) >= 11 is 4.13. The number of aryl methyl sites for hydroxylation is 1. The third-order valence-electron chi connectivity index (χ3n) is 5.18. The first-order valence-electron chi connectivity index (χ1n) is 10.2. The molecule has 2 N–H and O–H groups in total. The second kappa shape index (κ2) is 10.4. The van der Waals surface area contributed by atoms with E-state index < -0.39 is 34.2 Å². The molecule has 1 unspecified atom stereocenters. The number of rotatable bonds is 8. The van der Waals surface area contributed by atoms with Crippen LogP contribution >= 0.6 is 11.6 Å². The molecule has 0 amide bonds. The van der Waals surface area contributed by atoms with E-state index in [1.807, 2.05) is 30.3 Å². The van der Waals surface area contributed by atoms with Gasteiger partial charge < -0.3 is 0 Å². The molecule has 0 radical (unpaired) electrons. The summed E-state index contributed by atoms with van der Waals surface area (Å²) in [5.41, 5.74) is 2.15. The fourth-order valence-electron chi connectivity index (χ4n) is 3.52. The Labute approximate surface area is 201 Å². The van der Waals surface area contributed by atoms with Crippen molar-refractivity contribution in [3.63, 3.8) is 0 Å². The second-order valence-corrected chi connectivity index (χ2v) is 8.59. The first-order chi connectivity index (χ1) is 16.3. The molecule has 0 aliphatic carbocycles. The number of ketones is 1. The van der Waals surface area contributed by atoms with Crippen molar-refractivity contribution in [1.29, 1.82) is 0 Å². The van der Waals surface area contributed by atoms with E-state index in [4.69, 9.17) is 16.2 Å². The maximum atomic E-state index is 14.7. The van der Waals surface area contributed by atoms with Gasteiger partial charge in [-0.1, -0.05) is 41.9 Å². The van der Waals surface area contributed by atoms with Crippen molar-refractivity contribution in [1.82, 2.24) is 14.7 Å². The summed E-state index contributed by atoms with van der Waals surface area (Å²) in [5, 5.41) is -0.196. The summed E-state index contributed by atoms with van der Waals surface area (Å²) < 4.78 is 50.7. The number of carbonyl (C=O) groups excluding carboxylic acids is 1. The molecule has 34 heavy (non-hydrogen) atoms. The third kappa shape index (κ3) is 5.18. The SMILES string of the molecule is O=C(c1ccc2ncc(-c3ccccc3)nc2c1)c1c(F)c(F)cc(CCCNS(=O)O)c1Cl. The van der Waals surface area contributed by atoms with Crippen molar-refractivity contribution in [2.75, 3.05) is 6.54 Å². The number of aromatic nitrogens is 2. The van der Waals surface area contributed by atoms with E-state index >= 15 is 0 Å². The number of carbonyl (C=O) groups is 1. The van der Waals surface area contributed by atoms with Crippen LogP contribution in [0.3, 0.4) is 0 Å². The van der Waals surface area contributed by atoms with Crippen molar-refractivity contribution in [3.05, 3.63) is 94.1 Å². The van der Waals surface area contributed by atoms with Gasteiger partial charge in [-0.05, 0) is 42.7 Å². The molecule has 4 aromatic rings. The van der Waals surface area contributed by atoms with Gasteiger partial charge >= 0.3 is 0 Å². The first kappa shape index (κ1) is 24.0. The second-order valence-electron chi connectivity index (χ2n) is 7.42. The molecule has 0 fully saturated rings. The van der Waals surface area contributed by atoms with Gasteiger partial charge in [-0.2, -0.15) is 0 Å². The predicted octanol–water partition coefficient (Wildman–Crippen LogP) is 5.12. The van der Waals surface area contributed by atoms with E-state index in [1.54, 1.807) is 12.3 Å². The third-order valence-corrected chi connectivity index (χ3v) is 6.06. The molecule has 0 bridgehead atoms. The first-order valence-corrected chi connectivity index (χ1v) is 11.7. The lowest BCUT2D eigenvalue weighted by molar-refractivity contribution is 0.103. The summed E-state index contributed by atoms with van der Waals surface area (Å²) in [5.74, 6) is -3.32. The van der Waals surface area contributed by atoms with Crippen LogP contribution in [0.2, 0.25) is 5.02 Å². The van der Waals surface area contributed by atoms with E-state index in [9.17, 15) is 17.8 Å². The Hall–Kier alpha value is -3.11. The van der Waals surface area contributed by atoms with Crippen LogP contribution in [0.25, 0.3) is 22.3 Å². The monoisotopic (exact) mass is 501 g/mol. The number of fused-ring (bicyclic) bond motifs is 1. The van der Waals surface area contributed by atoms with Crippen molar-refractivity contribution in [2.24, 2.45) is 0 Å². The summed E-state index contributed by atoms with van der Waals surface area (Å²) in [4.78, 5) is 22.1. The molecule has 4 rings (SSSR count). The molecular weight excluding hydrogens is 484 g/mol. The minimum Gasteiger partial charge on any atom is -0.294 e. The molecule has 3 aromatic carbocycles. The fourth-order valence-corrected chi connectivity index (χ4v) is 4.16. The zero-order valence-corrected chi connectivity index (χ0v) is 19.2. The molecule has 174 valence electrons. The number of benzene rings is 3. The minimum absolute atomic E-state index is 0.0849. The summed E-state index contributed by atoms with van der Waals surface area (Å²) in [7, 11) is 0. The van der Waals surface area contributed by atoms with E-state index in [1.165, 1.54) is 12.1 Å². The van der Waals surface area contributed by atoms with Crippen LogP contribution in [-0.4, -0.2) is 31.1 Å². The molecule has 6 nitrogen and oxygen atoms in total. The van der Waals surface area contributed by atoms with E-state index in [2.05, 4.69) is 14.7 Å². The summed E-state index contributed by atoms with van der Waals surface area (Å²) in [6.07, 6.45) is 2.11. The summed E-state index contributed by atoms with van der Waals surface area (Å²) in [6.45, 7) is 0.148. The maximum Gasteiger partial charge on any atom is 0.231 e. The Morgan fingerprint density at radius 3 is 2.59 bits per heavy atom. The number of halogens is 3. The van der Waals surface area contributed by atoms with Gasteiger partial charge in [0, 0.05) is 17.7 Å². The van der Waals surface area contributed by atoms with Crippen molar-refractivity contribution >= 4 is 39.7 Å². The van der Waals surface area contributed by atoms with Gasteiger partial charge in [-0.3, -0.25) is 14.3 Å². The number of nitrogens with one attached hydrogen (secondary N) is 1. The smallest absolute Gasteiger partial charge is 0.231 e. The number of nitrogens with zero attached hydrogens (tertiary/aromatic N) is 2. The van der Waals surface area contributed by atoms with Gasteiger partial charge in [0.25, 0.3) is 0 Å². The molecule has 1 aromatic heterocycles. The van der Waals surface area contributed by atoms with Crippen LogP contribution in [0.15, 0.2) is 60.8 Å². The Balaban J connectivity index is 1.68. The molecule has 1 atom stereocenters. The largest absolute Gasteiger partial charge is 0.294 e. The van der Waals surface area contributed by atoms with Gasteiger partial charge in [0.15, 0.2) is 17.4 Å². The highest BCUT2D eigenvalue weighted by atomic mass is 35.5. The highest BCUT2D eigenvalue weighted by Crippen LogP contribution is 2.30. The molecular formula is C24H18ClF2N3O3S. The van der Waals surface area contributed by atoms with Gasteiger partial charge in [-0.15, -0.1) is 0 Å². The maximum absolute atomic E-state index is 14.7.